The fourth-order valence-corrected chi connectivity index (χ4v) is 6.69. The van der Waals surface area contributed by atoms with Crippen LogP contribution in [0.15, 0.2) is 135 Å². The first kappa shape index (κ1) is 21.9. The second-order valence-electron chi connectivity index (χ2n) is 10.7. The predicted molar refractivity (Wildman–Crippen MR) is 168 cm³/mol. The highest BCUT2D eigenvalue weighted by Crippen LogP contribution is 2.44. The molecule has 4 aromatic heterocycles. The average molecular weight is 541 g/mol. The Morgan fingerprint density at radius 3 is 2.14 bits per heavy atom. The number of hydrogen-bond acceptors (Lipinski definition) is 4. The van der Waals surface area contributed by atoms with E-state index in [1.54, 1.807) is 0 Å². The van der Waals surface area contributed by atoms with Crippen molar-refractivity contribution in [2.75, 3.05) is 0 Å². The van der Waals surface area contributed by atoms with Gasteiger partial charge in [0, 0.05) is 32.5 Å². The molecule has 0 aliphatic heterocycles. The third-order valence-corrected chi connectivity index (χ3v) is 8.44. The van der Waals surface area contributed by atoms with Gasteiger partial charge >= 0.3 is 0 Å². The van der Waals surface area contributed by atoms with Crippen LogP contribution in [0.5, 0.6) is 0 Å². The summed E-state index contributed by atoms with van der Waals surface area (Å²) in [6.45, 7) is 0. The number of fused-ring (bicyclic) bond motifs is 11. The minimum Gasteiger partial charge on any atom is -0.456 e. The van der Waals surface area contributed by atoms with Crippen molar-refractivity contribution in [1.82, 2.24) is 9.55 Å². The third kappa shape index (κ3) is 2.79. The molecule has 42 heavy (non-hydrogen) atoms. The molecular weight excluding hydrogens is 520 g/mol. The van der Waals surface area contributed by atoms with Gasteiger partial charge in [0.1, 0.15) is 22.3 Å². The van der Waals surface area contributed by atoms with Gasteiger partial charge < -0.3 is 17.8 Å². The Bertz CT molecular complexity index is 2670. The Morgan fingerprint density at radius 1 is 0.476 bits per heavy atom. The quantitative estimate of drug-likeness (QED) is 0.219. The highest BCUT2D eigenvalue weighted by molar-refractivity contribution is 6.25. The third-order valence-electron chi connectivity index (χ3n) is 8.44. The van der Waals surface area contributed by atoms with Crippen molar-refractivity contribution in [2.45, 2.75) is 0 Å². The fraction of sp³-hybridized carbons (Fsp3) is 0. The van der Waals surface area contributed by atoms with Gasteiger partial charge in [0.2, 0.25) is 5.89 Å². The molecule has 5 heteroatoms. The average Bonchev–Trinajstić information content (AvgIpc) is 3.80. The monoisotopic (exact) mass is 540 g/mol. The summed E-state index contributed by atoms with van der Waals surface area (Å²) in [5.74, 6) is 0.582. The van der Waals surface area contributed by atoms with Gasteiger partial charge in [-0.25, -0.2) is 4.98 Å². The van der Waals surface area contributed by atoms with Crippen molar-refractivity contribution < 1.29 is 13.3 Å². The minimum absolute atomic E-state index is 0.582. The van der Waals surface area contributed by atoms with E-state index in [1.807, 2.05) is 48.5 Å². The van der Waals surface area contributed by atoms with Crippen LogP contribution in [0.2, 0.25) is 0 Å². The first-order valence-corrected chi connectivity index (χ1v) is 14.0. The molecule has 6 aromatic carbocycles. The fourth-order valence-electron chi connectivity index (χ4n) is 6.69. The van der Waals surface area contributed by atoms with E-state index in [-0.39, 0.29) is 0 Å². The Balaban J connectivity index is 1.35. The molecule has 0 spiro atoms. The summed E-state index contributed by atoms with van der Waals surface area (Å²) in [6, 6.07) is 41.3. The highest BCUT2D eigenvalue weighted by Gasteiger charge is 2.23. The summed E-state index contributed by atoms with van der Waals surface area (Å²) < 4.78 is 21.6. The first-order chi connectivity index (χ1) is 20.8. The van der Waals surface area contributed by atoms with Crippen LogP contribution >= 0.6 is 0 Å². The van der Waals surface area contributed by atoms with Crippen LogP contribution in [0.4, 0.5) is 0 Å². The molecule has 10 rings (SSSR count). The lowest BCUT2D eigenvalue weighted by atomic mass is 10.1. The van der Waals surface area contributed by atoms with Crippen molar-refractivity contribution in [3.05, 3.63) is 121 Å². The number of aromatic nitrogens is 2. The molecule has 0 atom stereocenters. The van der Waals surface area contributed by atoms with E-state index in [4.69, 9.17) is 18.2 Å². The molecular formula is C37H20N2O3. The second-order valence-corrected chi connectivity index (χ2v) is 10.7. The molecule has 196 valence electrons. The summed E-state index contributed by atoms with van der Waals surface area (Å²) in [4.78, 5) is 4.81. The van der Waals surface area contributed by atoms with E-state index in [0.29, 0.717) is 5.89 Å². The molecule has 0 radical (unpaired) electrons. The summed E-state index contributed by atoms with van der Waals surface area (Å²) in [5.41, 5.74) is 9.02. The van der Waals surface area contributed by atoms with Gasteiger partial charge in [-0.2, -0.15) is 0 Å². The number of nitrogens with zero attached hydrogens (tertiary/aromatic N) is 2. The van der Waals surface area contributed by atoms with Crippen molar-refractivity contribution in [1.29, 1.82) is 0 Å². The standard InChI is InChI=1S/C37H20N2O3/c1-4-14-27-21(9-1)22-19-20-32-34(23-10-2-5-16-29(23)40-32)35(22)39(27)28-15-7-11-24-33-25(12-8-18-31(33)41-36(24)28)37-38-26-13-3-6-17-30(26)42-37/h1-20H. The number of benzene rings is 6. The van der Waals surface area contributed by atoms with E-state index in [9.17, 15) is 0 Å². The number of para-hydroxylation sites is 5. The summed E-state index contributed by atoms with van der Waals surface area (Å²) in [6.07, 6.45) is 0. The van der Waals surface area contributed by atoms with Crippen molar-refractivity contribution in [3.63, 3.8) is 0 Å². The predicted octanol–water partition coefficient (Wildman–Crippen LogP) is 10.4. The topological polar surface area (TPSA) is 57.2 Å². The molecule has 0 N–H and O–H groups in total. The zero-order chi connectivity index (χ0) is 27.4. The molecule has 10 aromatic rings. The minimum atomic E-state index is 0.582. The Hall–Kier alpha value is -5.81. The number of rotatable bonds is 2. The van der Waals surface area contributed by atoms with Crippen LogP contribution in [-0.4, -0.2) is 9.55 Å². The van der Waals surface area contributed by atoms with Crippen molar-refractivity contribution in [2.24, 2.45) is 0 Å². The maximum absolute atomic E-state index is 6.71. The summed E-state index contributed by atoms with van der Waals surface area (Å²) in [7, 11) is 0. The molecule has 0 aliphatic carbocycles. The smallest absolute Gasteiger partial charge is 0.228 e. The molecule has 0 saturated carbocycles. The second kappa shape index (κ2) is 7.89. The van der Waals surface area contributed by atoms with Gasteiger partial charge in [-0.15, -0.1) is 0 Å². The SMILES string of the molecule is c1ccc2oc(-c3cccc4oc5c(-n6c7ccccc7c7ccc8oc9ccccc9c8c76)cccc5c34)nc2c1. The van der Waals surface area contributed by atoms with E-state index < -0.39 is 0 Å². The van der Waals surface area contributed by atoms with Gasteiger partial charge in [0.15, 0.2) is 11.2 Å². The van der Waals surface area contributed by atoms with Gasteiger partial charge in [-0.3, -0.25) is 0 Å². The van der Waals surface area contributed by atoms with E-state index >= 15 is 0 Å². The first-order valence-electron chi connectivity index (χ1n) is 14.0. The maximum atomic E-state index is 6.71. The Labute approximate surface area is 237 Å². The molecule has 0 aliphatic rings. The van der Waals surface area contributed by atoms with Crippen LogP contribution < -0.4 is 0 Å². The van der Waals surface area contributed by atoms with Crippen LogP contribution in [0.3, 0.4) is 0 Å². The largest absolute Gasteiger partial charge is 0.456 e. The van der Waals surface area contributed by atoms with Gasteiger partial charge in [-0.05, 0) is 54.6 Å². The van der Waals surface area contributed by atoms with Gasteiger partial charge in [0.05, 0.1) is 22.1 Å². The summed E-state index contributed by atoms with van der Waals surface area (Å²) in [5, 5.41) is 6.54. The lowest BCUT2D eigenvalue weighted by Crippen LogP contribution is -1.94. The van der Waals surface area contributed by atoms with Crippen LogP contribution in [0.1, 0.15) is 0 Å². The molecule has 0 bridgehead atoms. The number of oxazole rings is 1. The van der Waals surface area contributed by atoms with Gasteiger partial charge in [-0.1, -0.05) is 66.7 Å². The van der Waals surface area contributed by atoms with Crippen LogP contribution in [0.25, 0.3) is 93.9 Å². The Kier molecular flexibility index (Phi) is 4.12. The highest BCUT2D eigenvalue weighted by atomic mass is 16.4. The van der Waals surface area contributed by atoms with E-state index in [0.717, 1.165) is 77.3 Å². The zero-order valence-corrected chi connectivity index (χ0v) is 22.2. The maximum Gasteiger partial charge on any atom is 0.228 e. The van der Waals surface area contributed by atoms with Crippen molar-refractivity contribution >= 4 is 76.8 Å². The normalized spacial score (nSPS) is 12.3. The lowest BCUT2D eigenvalue weighted by Gasteiger charge is -2.09. The van der Waals surface area contributed by atoms with Crippen LogP contribution in [0, 0.1) is 0 Å². The molecule has 4 heterocycles. The van der Waals surface area contributed by atoms with E-state index in [2.05, 4.69) is 77.4 Å². The Morgan fingerprint density at radius 2 is 1.21 bits per heavy atom. The van der Waals surface area contributed by atoms with E-state index in [1.165, 1.54) is 10.8 Å². The number of furan rings is 2. The molecule has 0 unspecified atom stereocenters. The molecule has 0 amide bonds. The molecule has 0 saturated heterocycles. The zero-order valence-electron chi connectivity index (χ0n) is 22.2. The summed E-state index contributed by atoms with van der Waals surface area (Å²) >= 11 is 0. The molecule has 0 fully saturated rings. The van der Waals surface area contributed by atoms with Crippen molar-refractivity contribution in [3.8, 4) is 17.1 Å². The van der Waals surface area contributed by atoms with Gasteiger partial charge in [0.25, 0.3) is 0 Å². The van der Waals surface area contributed by atoms with Crippen LogP contribution in [-0.2, 0) is 0 Å². The lowest BCUT2D eigenvalue weighted by molar-refractivity contribution is 0.620. The number of hydrogen-bond donors (Lipinski definition) is 0. The molecule has 5 nitrogen and oxygen atoms in total.